The predicted octanol–water partition coefficient (Wildman–Crippen LogP) is 4.46. The van der Waals surface area contributed by atoms with Gasteiger partial charge < -0.3 is 13.7 Å². The molecule has 0 aromatic rings. The Kier molecular flexibility index (Phi) is 5.02. The van der Waals surface area contributed by atoms with Crippen LogP contribution in [0.4, 0.5) is 13.2 Å². The van der Waals surface area contributed by atoms with Crippen LogP contribution in [0.1, 0.15) is 51.4 Å². The number of rotatable bonds is 2. The van der Waals surface area contributed by atoms with Crippen molar-refractivity contribution in [1.29, 1.82) is 0 Å². The molecule has 4 aliphatic carbocycles. The Balaban J connectivity index is 1.62. The Morgan fingerprint density at radius 1 is 1.13 bits per heavy atom. The zero-order chi connectivity index (χ0) is 21.1. The number of ether oxygens (including phenoxy) is 2. The van der Waals surface area contributed by atoms with Gasteiger partial charge in [-0.1, -0.05) is 18.1 Å². The zero-order valence-electron chi connectivity index (χ0n) is 16.7. The average Bonchev–Trinajstić information content (AvgIpc) is 2.93. The van der Waals surface area contributed by atoms with Gasteiger partial charge in [0.1, 0.15) is 5.76 Å². The van der Waals surface area contributed by atoms with Gasteiger partial charge in [-0.05, 0) is 55.9 Å². The van der Waals surface area contributed by atoms with Crippen molar-refractivity contribution in [3.63, 3.8) is 0 Å². The van der Waals surface area contributed by atoms with E-state index in [0.717, 1.165) is 50.5 Å². The Morgan fingerprint density at radius 3 is 2.77 bits per heavy atom. The zero-order valence-corrected chi connectivity index (χ0v) is 17.6. The normalized spacial score (nSPS) is 39.2. The smallest absolute Gasteiger partial charge is 0.381 e. The first-order valence-corrected chi connectivity index (χ1v) is 12.3. The molecule has 3 fully saturated rings. The second-order valence-corrected chi connectivity index (χ2v) is 10.8. The molecule has 5 nitrogen and oxygen atoms in total. The number of halogens is 3. The fourth-order valence-corrected chi connectivity index (χ4v) is 7.26. The second kappa shape index (κ2) is 7.24. The first kappa shape index (κ1) is 20.8. The van der Waals surface area contributed by atoms with Crippen molar-refractivity contribution in [1.82, 2.24) is 0 Å². The van der Waals surface area contributed by atoms with E-state index in [2.05, 4.69) is 6.08 Å². The standard InChI is InChI=1S/C21H27F3O5S/c22-21(23,24)30(25,26)29-17-11-20-12-27-9-10-28-18(20)8-7-16(20)15-6-5-13-3-1-2-4-14(13)19(15)17/h5,14-16,18H,1-4,6-12H2/t14-,15-,16-,18?,20+/m0/s1. The number of hydrogen-bond acceptors (Lipinski definition) is 5. The Hall–Kier alpha value is -1.06. The maximum Gasteiger partial charge on any atom is 0.534 e. The van der Waals surface area contributed by atoms with Crippen LogP contribution in [0, 0.1) is 23.2 Å². The largest absolute Gasteiger partial charge is 0.534 e. The van der Waals surface area contributed by atoms with E-state index in [4.69, 9.17) is 13.7 Å². The molecule has 5 atom stereocenters. The fourth-order valence-electron chi connectivity index (χ4n) is 6.74. The second-order valence-electron chi connectivity index (χ2n) is 9.29. The summed E-state index contributed by atoms with van der Waals surface area (Å²) in [5.74, 6) is 0.197. The summed E-state index contributed by atoms with van der Waals surface area (Å²) in [5, 5.41) is 0. The summed E-state index contributed by atoms with van der Waals surface area (Å²) >= 11 is 0. The highest BCUT2D eigenvalue weighted by Gasteiger charge is 2.60. The number of hydrogen-bond donors (Lipinski definition) is 0. The van der Waals surface area contributed by atoms with E-state index in [1.54, 1.807) is 0 Å². The van der Waals surface area contributed by atoms with Gasteiger partial charge in [-0.15, -0.1) is 0 Å². The third-order valence-electron chi connectivity index (χ3n) is 7.89. The highest BCUT2D eigenvalue weighted by Crippen LogP contribution is 2.62. The summed E-state index contributed by atoms with van der Waals surface area (Å²) in [6.07, 6.45) is 8.50. The van der Waals surface area contributed by atoms with Crippen molar-refractivity contribution in [2.45, 2.75) is 63.0 Å². The van der Waals surface area contributed by atoms with Gasteiger partial charge in [0.15, 0.2) is 0 Å². The lowest BCUT2D eigenvalue weighted by atomic mass is 9.56. The predicted molar refractivity (Wildman–Crippen MR) is 102 cm³/mol. The molecule has 0 radical (unpaired) electrons. The van der Waals surface area contributed by atoms with Crippen molar-refractivity contribution in [3.8, 4) is 0 Å². The van der Waals surface area contributed by atoms with E-state index in [0.29, 0.717) is 19.8 Å². The van der Waals surface area contributed by atoms with E-state index in [1.165, 1.54) is 5.57 Å². The molecule has 0 amide bonds. The molecule has 0 aromatic carbocycles. The molecule has 1 unspecified atom stereocenters. The number of allylic oxidation sites excluding steroid dienone is 4. The van der Waals surface area contributed by atoms with Crippen molar-refractivity contribution in [2.75, 3.05) is 19.8 Å². The molecule has 1 saturated heterocycles. The SMILES string of the molecule is O=S(=O)(OC1=C2[C@H]3CCCCC3=CC[C@H]2[C@@H]2CCC3OCCOC[C@@]32C1)C(F)(F)F. The van der Waals surface area contributed by atoms with Crippen LogP contribution < -0.4 is 0 Å². The molecule has 0 aromatic heterocycles. The van der Waals surface area contributed by atoms with Crippen molar-refractivity contribution < 1.29 is 35.2 Å². The summed E-state index contributed by atoms with van der Waals surface area (Å²) in [6, 6.07) is 0. The van der Waals surface area contributed by atoms with Crippen LogP contribution in [0.5, 0.6) is 0 Å². The molecular formula is C21H27F3O5S. The van der Waals surface area contributed by atoms with Crippen LogP contribution in [-0.2, 0) is 23.8 Å². The molecule has 1 spiro atoms. The van der Waals surface area contributed by atoms with Crippen LogP contribution in [0.25, 0.3) is 0 Å². The van der Waals surface area contributed by atoms with Gasteiger partial charge in [0.05, 0.1) is 25.9 Å². The van der Waals surface area contributed by atoms with Gasteiger partial charge in [0.2, 0.25) is 0 Å². The van der Waals surface area contributed by atoms with Gasteiger partial charge in [-0.2, -0.15) is 21.6 Å². The monoisotopic (exact) mass is 448 g/mol. The third kappa shape index (κ3) is 3.14. The third-order valence-corrected chi connectivity index (χ3v) is 8.88. The Morgan fingerprint density at radius 2 is 1.97 bits per heavy atom. The van der Waals surface area contributed by atoms with Crippen LogP contribution in [0.15, 0.2) is 23.0 Å². The van der Waals surface area contributed by atoms with E-state index < -0.39 is 21.0 Å². The Labute approximate surface area is 174 Å². The number of fused-ring (bicyclic) bond motifs is 4. The molecular weight excluding hydrogens is 421 g/mol. The van der Waals surface area contributed by atoms with Gasteiger partial charge in [0, 0.05) is 17.8 Å². The van der Waals surface area contributed by atoms with E-state index in [9.17, 15) is 21.6 Å². The van der Waals surface area contributed by atoms with Crippen molar-refractivity contribution >= 4 is 10.1 Å². The highest BCUT2D eigenvalue weighted by molar-refractivity contribution is 7.87. The molecule has 30 heavy (non-hydrogen) atoms. The summed E-state index contributed by atoms with van der Waals surface area (Å²) in [5.41, 5.74) is -3.94. The Bertz CT molecular complexity index is 878. The summed E-state index contributed by atoms with van der Waals surface area (Å²) in [6.45, 7) is 1.26. The fraction of sp³-hybridized carbons (Fsp3) is 0.810. The van der Waals surface area contributed by atoms with E-state index in [1.807, 2.05) is 0 Å². The molecule has 1 aliphatic heterocycles. The highest BCUT2D eigenvalue weighted by atomic mass is 32.2. The minimum Gasteiger partial charge on any atom is -0.381 e. The lowest BCUT2D eigenvalue weighted by Gasteiger charge is -2.50. The minimum atomic E-state index is -5.72. The molecule has 168 valence electrons. The lowest BCUT2D eigenvalue weighted by Crippen LogP contribution is -2.48. The minimum absolute atomic E-state index is 0.0000477. The summed E-state index contributed by atoms with van der Waals surface area (Å²) < 4.78 is 80.5. The molecule has 0 N–H and O–H groups in total. The molecule has 2 saturated carbocycles. The quantitative estimate of drug-likeness (QED) is 0.355. The van der Waals surface area contributed by atoms with Gasteiger partial charge in [0.25, 0.3) is 0 Å². The van der Waals surface area contributed by atoms with E-state index in [-0.39, 0.29) is 36.0 Å². The first-order valence-electron chi connectivity index (χ1n) is 10.8. The van der Waals surface area contributed by atoms with E-state index >= 15 is 0 Å². The topological polar surface area (TPSA) is 61.8 Å². The molecule has 0 bridgehead atoms. The number of alkyl halides is 3. The first-order chi connectivity index (χ1) is 14.2. The van der Waals surface area contributed by atoms with Crippen LogP contribution in [0.2, 0.25) is 0 Å². The van der Waals surface area contributed by atoms with Crippen molar-refractivity contribution in [3.05, 3.63) is 23.0 Å². The maximum atomic E-state index is 13.2. The molecule has 5 rings (SSSR count). The average molecular weight is 449 g/mol. The summed E-state index contributed by atoms with van der Waals surface area (Å²) in [7, 11) is -5.72. The van der Waals surface area contributed by atoms with Crippen LogP contribution in [-0.4, -0.2) is 39.9 Å². The molecule has 9 heteroatoms. The molecule has 1 heterocycles. The maximum absolute atomic E-state index is 13.2. The van der Waals surface area contributed by atoms with Gasteiger partial charge in [-0.3, -0.25) is 0 Å². The van der Waals surface area contributed by atoms with Crippen molar-refractivity contribution in [2.24, 2.45) is 23.2 Å². The molecule has 5 aliphatic rings. The lowest BCUT2D eigenvalue weighted by molar-refractivity contribution is -0.0615. The van der Waals surface area contributed by atoms with Gasteiger partial charge >= 0.3 is 15.6 Å². The van der Waals surface area contributed by atoms with Crippen LogP contribution in [0.3, 0.4) is 0 Å². The van der Waals surface area contributed by atoms with Crippen LogP contribution >= 0.6 is 0 Å². The van der Waals surface area contributed by atoms with Gasteiger partial charge in [-0.25, -0.2) is 0 Å². The summed E-state index contributed by atoms with van der Waals surface area (Å²) in [4.78, 5) is 0.